The van der Waals surface area contributed by atoms with Crippen LogP contribution >= 0.6 is 0 Å². The summed E-state index contributed by atoms with van der Waals surface area (Å²) < 4.78 is 0. The molecule has 1 fully saturated rings. The number of fused-ring (bicyclic) bond motifs is 1. The molecule has 3 rings (SSSR count). The zero-order chi connectivity index (χ0) is 13.9. The fraction of sp³-hybridized carbons (Fsp3) is 0.438. The molecule has 0 spiro atoms. The van der Waals surface area contributed by atoms with Crippen molar-refractivity contribution >= 4 is 16.6 Å². The topological polar surface area (TPSA) is 70.9 Å². The second-order valence-corrected chi connectivity index (χ2v) is 5.63. The molecule has 1 heterocycles. The summed E-state index contributed by atoms with van der Waals surface area (Å²) >= 11 is 0. The standard InChI is InChI=1S/C16H21N3O/c17-10-12-6-2-4-8-14(12)18-15-9-11-5-1-3-7-13(11)16(20)19-15/h1,3,5,7,9,12,14H,2,4,6,8,10,17H2,(H2,18,19,20). The first-order chi connectivity index (χ1) is 9.78. The van der Waals surface area contributed by atoms with Gasteiger partial charge in [-0.25, -0.2) is 0 Å². The minimum atomic E-state index is -0.0364. The fourth-order valence-electron chi connectivity index (χ4n) is 3.17. The zero-order valence-corrected chi connectivity index (χ0v) is 11.6. The molecular formula is C16H21N3O. The van der Waals surface area contributed by atoms with Gasteiger partial charge in [-0.15, -0.1) is 0 Å². The van der Waals surface area contributed by atoms with Gasteiger partial charge in [0.1, 0.15) is 5.82 Å². The van der Waals surface area contributed by atoms with E-state index < -0.39 is 0 Å². The number of hydrogen-bond donors (Lipinski definition) is 3. The summed E-state index contributed by atoms with van der Waals surface area (Å²) in [7, 11) is 0. The van der Waals surface area contributed by atoms with E-state index in [-0.39, 0.29) is 5.56 Å². The van der Waals surface area contributed by atoms with Crippen molar-refractivity contribution in [3.63, 3.8) is 0 Å². The minimum absolute atomic E-state index is 0.0364. The lowest BCUT2D eigenvalue weighted by molar-refractivity contribution is 0.332. The predicted molar refractivity (Wildman–Crippen MR) is 83.0 cm³/mol. The molecule has 1 aliphatic carbocycles. The van der Waals surface area contributed by atoms with Gasteiger partial charge in [0, 0.05) is 11.4 Å². The third-order valence-electron chi connectivity index (χ3n) is 4.31. The summed E-state index contributed by atoms with van der Waals surface area (Å²) in [4.78, 5) is 15.0. The van der Waals surface area contributed by atoms with E-state index in [0.717, 1.165) is 23.0 Å². The Bertz CT molecular complexity index is 649. The highest BCUT2D eigenvalue weighted by Gasteiger charge is 2.23. The molecule has 0 amide bonds. The van der Waals surface area contributed by atoms with Gasteiger partial charge in [0.25, 0.3) is 5.56 Å². The van der Waals surface area contributed by atoms with Gasteiger partial charge < -0.3 is 16.0 Å². The number of nitrogens with two attached hydrogens (primary N) is 1. The fourth-order valence-corrected chi connectivity index (χ4v) is 3.17. The Morgan fingerprint density at radius 1 is 1.25 bits per heavy atom. The molecule has 0 aliphatic heterocycles. The Hall–Kier alpha value is -1.81. The molecule has 0 radical (unpaired) electrons. The number of aromatic amines is 1. The molecule has 4 nitrogen and oxygen atoms in total. The van der Waals surface area contributed by atoms with Crippen molar-refractivity contribution in [1.82, 2.24) is 4.98 Å². The van der Waals surface area contributed by atoms with Gasteiger partial charge in [-0.05, 0) is 42.8 Å². The van der Waals surface area contributed by atoms with Gasteiger partial charge >= 0.3 is 0 Å². The Balaban J connectivity index is 1.88. The van der Waals surface area contributed by atoms with Crippen LogP contribution in [0.1, 0.15) is 25.7 Å². The third-order valence-corrected chi connectivity index (χ3v) is 4.31. The molecule has 106 valence electrons. The van der Waals surface area contributed by atoms with Gasteiger partial charge in [-0.2, -0.15) is 0 Å². The van der Waals surface area contributed by atoms with Crippen LogP contribution in [0.3, 0.4) is 0 Å². The molecule has 20 heavy (non-hydrogen) atoms. The Kier molecular flexibility index (Phi) is 3.74. The summed E-state index contributed by atoms with van der Waals surface area (Å²) in [6.45, 7) is 0.704. The van der Waals surface area contributed by atoms with E-state index in [1.165, 1.54) is 19.3 Å². The summed E-state index contributed by atoms with van der Waals surface area (Å²) in [6, 6.07) is 10.0. The molecular weight excluding hydrogens is 250 g/mol. The monoisotopic (exact) mass is 271 g/mol. The first-order valence-electron chi connectivity index (χ1n) is 7.36. The summed E-state index contributed by atoms with van der Waals surface area (Å²) in [6.07, 6.45) is 4.78. The third kappa shape index (κ3) is 2.56. The van der Waals surface area contributed by atoms with Crippen LogP contribution in [0.2, 0.25) is 0 Å². The Morgan fingerprint density at radius 3 is 2.90 bits per heavy atom. The molecule has 0 saturated heterocycles. The van der Waals surface area contributed by atoms with Gasteiger partial charge in [0.2, 0.25) is 0 Å². The maximum atomic E-state index is 12.1. The average Bonchev–Trinajstić information content (AvgIpc) is 2.48. The van der Waals surface area contributed by atoms with E-state index in [1.54, 1.807) is 0 Å². The van der Waals surface area contributed by atoms with Crippen molar-refractivity contribution in [2.24, 2.45) is 11.7 Å². The highest BCUT2D eigenvalue weighted by atomic mass is 16.1. The Labute approximate surface area is 118 Å². The molecule has 4 N–H and O–H groups in total. The lowest BCUT2D eigenvalue weighted by Gasteiger charge is -2.31. The second-order valence-electron chi connectivity index (χ2n) is 5.63. The van der Waals surface area contributed by atoms with Crippen LogP contribution in [0.4, 0.5) is 5.82 Å². The lowest BCUT2D eigenvalue weighted by Crippen LogP contribution is -2.37. The number of H-pyrrole nitrogens is 1. The number of hydrogen-bond acceptors (Lipinski definition) is 3. The maximum Gasteiger partial charge on any atom is 0.257 e. The number of anilines is 1. The number of rotatable bonds is 3. The SMILES string of the molecule is NCC1CCCCC1Nc1cc2ccccc2c(=O)[nH]1. The van der Waals surface area contributed by atoms with Crippen molar-refractivity contribution < 1.29 is 0 Å². The van der Waals surface area contributed by atoms with E-state index in [9.17, 15) is 4.79 Å². The first-order valence-corrected chi connectivity index (χ1v) is 7.36. The highest BCUT2D eigenvalue weighted by Crippen LogP contribution is 2.26. The molecule has 2 unspecified atom stereocenters. The summed E-state index contributed by atoms with van der Waals surface area (Å²) in [5, 5.41) is 5.18. The van der Waals surface area contributed by atoms with Crippen LogP contribution in [-0.4, -0.2) is 17.6 Å². The van der Waals surface area contributed by atoms with Crippen LogP contribution in [-0.2, 0) is 0 Å². The van der Waals surface area contributed by atoms with Crippen LogP contribution in [0.15, 0.2) is 35.1 Å². The van der Waals surface area contributed by atoms with E-state index in [2.05, 4.69) is 10.3 Å². The van der Waals surface area contributed by atoms with Crippen molar-refractivity contribution in [3.8, 4) is 0 Å². The smallest absolute Gasteiger partial charge is 0.257 e. The normalized spacial score (nSPS) is 22.9. The second kappa shape index (κ2) is 5.67. The van der Waals surface area contributed by atoms with Crippen LogP contribution in [0, 0.1) is 5.92 Å². The average molecular weight is 271 g/mol. The molecule has 1 aromatic carbocycles. The molecule has 2 atom stereocenters. The lowest BCUT2D eigenvalue weighted by atomic mass is 9.84. The van der Waals surface area contributed by atoms with E-state index in [0.29, 0.717) is 18.5 Å². The van der Waals surface area contributed by atoms with Gasteiger partial charge in [-0.1, -0.05) is 31.0 Å². The van der Waals surface area contributed by atoms with Crippen LogP contribution in [0.5, 0.6) is 0 Å². The quantitative estimate of drug-likeness (QED) is 0.803. The van der Waals surface area contributed by atoms with E-state index in [4.69, 9.17) is 5.73 Å². The number of nitrogens with one attached hydrogen (secondary N) is 2. The van der Waals surface area contributed by atoms with E-state index >= 15 is 0 Å². The molecule has 1 aromatic heterocycles. The Morgan fingerprint density at radius 2 is 2.05 bits per heavy atom. The van der Waals surface area contributed by atoms with Gasteiger partial charge in [0.05, 0.1) is 0 Å². The molecule has 0 bridgehead atoms. The summed E-state index contributed by atoms with van der Waals surface area (Å²) in [5.74, 6) is 1.30. The molecule has 1 saturated carbocycles. The molecule has 1 aliphatic rings. The molecule has 2 aromatic rings. The first kappa shape index (κ1) is 13.2. The van der Waals surface area contributed by atoms with Crippen molar-refractivity contribution in [2.75, 3.05) is 11.9 Å². The van der Waals surface area contributed by atoms with Crippen LogP contribution < -0.4 is 16.6 Å². The number of pyridine rings is 1. The van der Waals surface area contributed by atoms with Crippen LogP contribution in [0.25, 0.3) is 10.8 Å². The van der Waals surface area contributed by atoms with Crippen molar-refractivity contribution in [1.29, 1.82) is 0 Å². The minimum Gasteiger partial charge on any atom is -0.368 e. The number of aromatic nitrogens is 1. The largest absolute Gasteiger partial charge is 0.368 e. The van der Waals surface area contributed by atoms with Gasteiger partial charge in [-0.3, -0.25) is 4.79 Å². The molecule has 4 heteroatoms. The van der Waals surface area contributed by atoms with Crippen molar-refractivity contribution in [3.05, 3.63) is 40.7 Å². The predicted octanol–water partition coefficient (Wildman–Crippen LogP) is 2.46. The van der Waals surface area contributed by atoms with Gasteiger partial charge in [0.15, 0.2) is 0 Å². The number of benzene rings is 1. The summed E-state index contributed by atoms with van der Waals surface area (Å²) in [5.41, 5.74) is 5.82. The zero-order valence-electron chi connectivity index (χ0n) is 11.6. The van der Waals surface area contributed by atoms with Crippen molar-refractivity contribution in [2.45, 2.75) is 31.7 Å². The highest BCUT2D eigenvalue weighted by molar-refractivity contribution is 5.83. The van der Waals surface area contributed by atoms with E-state index in [1.807, 2.05) is 30.3 Å². The maximum absolute atomic E-state index is 12.1.